The lowest BCUT2D eigenvalue weighted by molar-refractivity contribution is -0.0422. The lowest BCUT2D eigenvalue weighted by Crippen LogP contribution is -2.40. The van der Waals surface area contributed by atoms with Crippen LogP contribution in [0.1, 0.15) is 56.6 Å². The van der Waals surface area contributed by atoms with Crippen molar-refractivity contribution in [1.29, 1.82) is 0 Å². The van der Waals surface area contributed by atoms with Crippen LogP contribution in [0.25, 0.3) is 0 Å². The number of hydrogen-bond acceptors (Lipinski definition) is 5. The van der Waals surface area contributed by atoms with Crippen LogP contribution in [0.3, 0.4) is 0 Å². The van der Waals surface area contributed by atoms with Gasteiger partial charge in [-0.15, -0.1) is 0 Å². The second-order valence-corrected chi connectivity index (χ2v) is 8.00. The van der Waals surface area contributed by atoms with Gasteiger partial charge in [-0.1, -0.05) is 13.0 Å². The minimum absolute atomic E-state index is 0.0917. The molecule has 0 spiro atoms. The first-order valence-electron chi connectivity index (χ1n) is 10.8. The van der Waals surface area contributed by atoms with Crippen molar-refractivity contribution in [3.05, 3.63) is 48.0 Å². The maximum Gasteiger partial charge on any atom is 0.150 e. The van der Waals surface area contributed by atoms with Crippen LogP contribution < -0.4 is 0 Å². The normalized spacial score (nSPS) is 23.5. The highest BCUT2D eigenvalue weighted by Crippen LogP contribution is 2.25. The smallest absolute Gasteiger partial charge is 0.150 e. The molecule has 2 unspecified atom stereocenters. The minimum atomic E-state index is 0.0917. The van der Waals surface area contributed by atoms with Gasteiger partial charge in [0.05, 0.1) is 11.4 Å². The van der Waals surface area contributed by atoms with E-state index >= 15 is 0 Å². The second-order valence-electron chi connectivity index (χ2n) is 8.00. The topological polar surface area (TPSA) is 46.4 Å². The summed E-state index contributed by atoms with van der Waals surface area (Å²) >= 11 is 0. The fourth-order valence-electron chi connectivity index (χ4n) is 4.59. The Kier molecular flexibility index (Phi) is 6.73. The molecular formula is C22H33N5O. The Balaban J connectivity index is 1.49. The highest BCUT2D eigenvalue weighted by Gasteiger charge is 2.26. The molecule has 6 nitrogen and oxygen atoms in total. The van der Waals surface area contributed by atoms with E-state index in [0.29, 0.717) is 6.04 Å². The minimum Gasteiger partial charge on any atom is -0.357 e. The van der Waals surface area contributed by atoms with Crippen LogP contribution in [0.15, 0.2) is 36.7 Å². The Morgan fingerprint density at radius 2 is 2.07 bits per heavy atom. The average molecular weight is 384 g/mol. The molecule has 6 heteroatoms. The Labute approximate surface area is 168 Å². The number of rotatable bonds is 8. The van der Waals surface area contributed by atoms with Gasteiger partial charge in [0, 0.05) is 44.7 Å². The molecule has 2 atom stereocenters. The molecule has 0 saturated carbocycles. The van der Waals surface area contributed by atoms with E-state index in [4.69, 9.17) is 4.74 Å². The fourth-order valence-corrected chi connectivity index (χ4v) is 4.59. The Hall–Kier alpha value is -1.76. The average Bonchev–Trinajstić information content (AvgIpc) is 3.38. The number of likely N-dealkylation sites (N-methyl/N-ethyl adjacent to an activating group) is 1. The van der Waals surface area contributed by atoms with Crippen molar-refractivity contribution in [3.8, 4) is 0 Å². The number of ether oxygens (including phenoxy) is 1. The Bertz CT molecular complexity index is 713. The van der Waals surface area contributed by atoms with E-state index in [-0.39, 0.29) is 6.23 Å². The first-order valence-corrected chi connectivity index (χ1v) is 10.8. The molecule has 0 amide bonds. The van der Waals surface area contributed by atoms with E-state index in [2.05, 4.69) is 49.7 Å². The molecular weight excluding hydrogens is 350 g/mol. The highest BCUT2D eigenvalue weighted by molar-refractivity contribution is 5.06. The maximum atomic E-state index is 5.99. The summed E-state index contributed by atoms with van der Waals surface area (Å²) in [5, 5.41) is 4.60. The van der Waals surface area contributed by atoms with Gasteiger partial charge in [0.1, 0.15) is 0 Å². The monoisotopic (exact) mass is 383 g/mol. The summed E-state index contributed by atoms with van der Waals surface area (Å²) in [4.78, 5) is 9.73. The number of aromatic nitrogens is 3. The Morgan fingerprint density at radius 1 is 1.11 bits per heavy atom. The van der Waals surface area contributed by atoms with Crippen LogP contribution in [-0.2, 0) is 17.8 Å². The van der Waals surface area contributed by atoms with E-state index in [1.807, 2.05) is 18.5 Å². The van der Waals surface area contributed by atoms with Crippen LogP contribution in [0, 0.1) is 0 Å². The summed E-state index contributed by atoms with van der Waals surface area (Å²) in [6, 6.07) is 8.97. The predicted octanol–water partition coefficient (Wildman–Crippen LogP) is 3.46. The van der Waals surface area contributed by atoms with Crippen molar-refractivity contribution in [3.63, 3.8) is 0 Å². The SMILES string of the molecule is CCN1CCCC1CN(Cc1ccccn1)Cc1ccnn1C1CCCCO1. The van der Waals surface area contributed by atoms with Gasteiger partial charge >= 0.3 is 0 Å². The van der Waals surface area contributed by atoms with Gasteiger partial charge in [-0.05, 0) is 63.4 Å². The van der Waals surface area contributed by atoms with Gasteiger partial charge in [0.2, 0.25) is 0 Å². The van der Waals surface area contributed by atoms with Gasteiger partial charge in [-0.3, -0.25) is 14.8 Å². The van der Waals surface area contributed by atoms with E-state index in [0.717, 1.165) is 51.3 Å². The quantitative estimate of drug-likeness (QED) is 0.699. The van der Waals surface area contributed by atoms with Crippen molar-refractivity contribution in [2.75, 3.05) is 26.2 Å². The molecule has 0 aromatic carbocycles. The van der Waals surface area contributed by atoms with Crippen LogP contribution >= 0.6 is 0 Å². The van der Waals surface area contributed by atoms with E-state index in [9.17, 15) is 0 Å². The van der Waals surface area contributed by atoms with Crippen molar-refractivity contribution < 1.29 is 4.74 Å². The molecule has 0 aliphatic carbocycles. The van der Waals surface area contributed by atoms with Crippen LogP contribution in [0.5, 0.6) is 0 Å². The molecule has 152 valence electrons. The van der Waals surface area contributed by atoms with Gasteiger partial charge in [-0.25, -0.2) is 4.68 Å². The zero-order valence-electron chi connectivity index (χ0n) is 17.0. The molecule has 28 heavy (non-hydrogen) atoms. The molecule has 2 aliphatic heterocycles. The lowest BCUT2D eigenvalue weighted by Gasteiger charge is -2.31. The predicted molar refractivity (Wildman–Crippen MR) is 110 cm³/mol. The van der Waals surface area contributed by atoms with Gasteiger partial charge in [0.15, 0.2) is 6.23 Å². The number of nitrogens with zero attached hydrogens (tertiary/aromatic N) is 5. The molecule has 4 heterocycles. The fraction of sp³-hybridized carbons (Fsp3) is 0.636. The number of hydrogen-bond donors (Lipinski definition) is 0. The second kappa shape index (κ2) is 9.63. The van der Waals surface area contributed by atoms with E-state index in [1.165, 1.54) is 31.5 Å². The summed E-state index contributed by atoms with van der Waals surface area (Å²) < 4.78 is 8.10. The molecule has 4 rings (SSSR count). The zero-order chi connectivity index (χ0) is 19.2. The molecule has 2 aromatic heterocycles. The zero-order valence-corrected chi connectivity index (χ0v) is 17.0. The molecule has 2 aromatic rings. The lowest BCUT2D eigenvalue weighted by atomic mass is 10.1. The van der Waals surface area contributed by atoms with Gasteiger partial charge in [0.25, 0.3) is 0 Å². The Morgan fingerprint density at radius 3 is 2.86 bits per heavy atom. The molecule has 0 radical (unpaired) electrons. The summed E-state index contributed by atoms with van der Waals surface area (Å²) in [7, 11) is 0. The maximum absolute atomic E-state index is 5.99. The summed E-state index contributed by atoms with van der Waals surface area (Å²) in [6.07, 6.45) is 9.93. The largest absolute Gasteiger partial charge is 0.357 e. The summed E-state index contributed by atoms with van der Waals surface area (Å²) in [5.74, 6) is 0. The number of pyridine rings is 1. The van der Waals surface area contributed by atoms with Crippen molar-refractivity contribution in [1.82, 2.24) is 24.6 Å². The summed E-state index contributed by atoms with van der Waals surface area (Å²) in [6.45, 7) is 8.30. The molecule has 0 N–H and O–H groups in total. The first-order chi connectivity index (χ1) is 13.8. The molecule has 2 fully saturated rings. The van der Waals surface area contributed by atoms with Crippen LogP contribution in [0.4, 0.5) is 0 Å². The van der Waals surface area contributed by atoms with Crippen LogP contribution in [-0.4, -0.2) is 56.8 Å². The third-order valence-electron chi connectivity index (χ3n) is 6.05. The molecule has 2 saturated heterocycles. The van der Waals surface area contributed by atoms with Crippen molar-refractivity contribution >= 4 is 0 Å². The summed E-state index contributed by atoms with van der Waals surface area (Å²) in [5.41, 5.74) is 2.37. The van der Waals surface area contributed by atoms with E-state index in [1.54, 1.807) is 0 Å². The van der Waals surface area contributed by atoms with Gasteiger partial charge in [-0.2, -0.15) is 5.10 Å². The van der Waals surface area contributed by atoms with Crippen molar-refractivity contribution in [2.45, 2.75) is 64.4 Å². The molecule has 0 bridgehead atoms. The molecule has 2 aliphatic rings. The van der Waals surface area contributed by atoms with Crippen molar-refractivity contribution in [2.24, 2.45) is 0 Å². The van der Waals surface area contributed by atoms with Gasteiger partial charge < -0.3 is 4.74 Å². The standard InChI is InChI=1S/C22H33N5O/c1-2-26-14-7-9-20(26)17-25(16-19-8-3-5-12-23-19)18-21-11-13-24-27(21)22-10-4-6-15-28-22/h3,5,8,11-13,20,22H,2,4,6-7,9-10,14-18H2,1H3. The van der Waals surface area contributed by atoms with Crippen LogP contribution in [0.2, 0.25) is 0 Å². The third kappa shape index (κ3) is 4.80. The number of likely N-dealkylation sites (tertiary alicyclic amines) is 1. The highest BCUT2D eigenvalue weighted by atomic mass is 16.5. The first kappa shape index (κ1) is 19.6. The van der Waals surface area contributed by atoms with E-state index < -0.39 is 0 Å². The third-order valence-corrected chi connectivity index (χ3v) is 6.05.